The molecule has 1 atom stereocenters. The topological polar surface area (TPSA) is 63.9 Å². The zero-order valence-electron chi connectivity index (χ0n) is 12.4. The Morgan fingerprint density at radius 3 is 2.67 bits per heavy atom. The van der Waals surface area contributed by atoms with Gasteiger partial charge in [-0.1, -0.05) is 5.16 Å². The molecule has 0 spiro atoms. The van der Waals surface area contributed by atoms with Gasteiger partial charge in [-0.25, -0.2) is 4.98 Å². The first-order valence-electron chi connectivity index (χ1n) is 7.18. The average Bonchev–Trinajstić information content (AvgIpc) is 2.91. The van der Waals surface area contributed by atoms with Crippen LogP contribution < -0.4 is 0 Å². The van der Waals surface area contributed by atoms with Crippen LogP contribution in [0.1, 0.15) is 35.4 Å². The molecule has 1 aliphatic rings. The van der Waals surface area contributed by atoms with Gasteiger partial charge in [0.1, 0.15) is 17.7 Å². The number of fused-ring (bicyclic) bond motifs is 1. The summed E-state index contributed by atoms with van der Waals surface area (Å²) in [7, 11) is 0. The first-order valence-corrected chi connectivity index (χ1v) is 7.18. The van der Waals surface area contributed by atoms with Gasteiger partial charge in [-0.05, 0) is 44.0 Å². The van der Waals surface area contributed by atoms with E-state index in [1.54, 1.807) is 0 Å². The molecule has 1 aromatic carbocycles. The molecule has 0 amide bonds. The van der Waals surface area contributed by atoms with Crippen LogP contribution >= 0.6 is 0 Å². The predicted molar refractivity (Wildman–Crippen MR) is 79.1 cm³/mol. The van der Waals surface area contributed by atoms with E-state index >= 15 is 0 Å². The molecule has 1 fully saturated rings. The van der Waals surface area contributed by atoms with Gasteiger partial charge in [0, 0.05) is 12.0 Å². The maximum absolute atomic E-state index is 5.51. The lowest BCUT2D eigenvalue weighted by molar-refractivity contribution is -0.0573. The van der Waals surface area contributed by atoms with E-state index in [9.17, 15) is 0 Å². The Kier molecular flexibility index (Phi) is 2.65. The number of hydrogen-bond acceptors (Lipinski definition) is 4. The summed E-state index contributed by atoms with van der Waals surface area (Å²) in [4.78, 5) is 8.07. The second-order valence-corrected chi connectivity index (χ2v) is 5.66. The highest BCUT2D eigenvalue weighted by Gasteiger charge is 2.24. The fraction of sp³-hybridized carbons (Fsp3) is 0.375. The normalized spacial score (nSPS) is 18.1. The van der Waals surface area contributed by atoms with Gasteiger partial charge in [0.05, 0.1) is 23.3 Å². The van der Waals surface area contributed by atoms with E-state index in [2.05, 4.69) is 34.2 Å². The molecule has 1 aliphatic heterocycles. The maximum Gasteiger partial charge on any atom is 0.141 e. The Labute approximate surface area is 122 Å². The summed E-state index contributed by atoms with van der Waals surface area (Å²) in [6.45, 7) is 6.81. The van der Waals surface area contributed by atoms with Crippen LogP contribution in [0.25, 0.3) is 22.2 Å². The monoisotopic (exact) mass is 283 g/mol. The van der Waals surface area contributed by atoms with Crippen LogP contribution in [0.5, 0.6) is 0 Å². The minimum atomic E-state index is 0.124. The van der Waals surface area contributed by atoms with Gasteiger partial charge in [0.15, 0.2) is 0 Å². The van der Waals surface area contributed by atoms with Gasteiger partial charge in [0.25, 0.3) is 0 Å². The van der Waals surface area contributed by atoms with Crippen LogP contribution in [0.15, 0.2) is 16.7 Å². The molecule has 0 saturated carbocycles. The summed E-state index contributed by atoms with van der Waals surface area (Å²) in [6.07, 6.45) is 1.16. The fourth-order valence-electron chi connectivity index (χ4n) is 2.95. The highest BCUT2D eigenvalue weighted by molar-refractivity contribution is 5.86. The molecule has 5 nitrogen and oxygen atoms in total. The van der Waals surface area contributed by atoms with E-state index in [0.29, 0.717) is 0 Å². The largest absolute Gasteiger partial charge is 0.370 e. The quantitative estimate of drug-likeness (QED) is 0.780. The molecule has 1 N–H and O–H groups in total. The van der Waals surface area contributed by atoms with E-state index in [1.807, 2.05) is 13.8 Å². The van der Waals surface area contributed by atoms with E-state index < -0.39 is 0 Å². The van der Waals surface area contributed by atoms with Gasteiger partial charge < -0.3 is 14.2 Å². The molecule has 3 aromatic rings. The summed E-state index contributed by atoms with van der Waals surface area (Å²) in [6, 6.07) is 4.26. The van der Waals surface area contributed by atoms with Crippen molar-refractivity contribution in [2.45, 2.75) is 33.3 Å². The number of benzene rings is 1. The zero-order valence-corrected chi connectivity index (χ0v) is 12.4. The van der Waals surface area contributed by atoms with Gasteiger partial charge >= 0.3 is 0 Å². The van der Waals surface area contributed by atoms with Crippen molar-refractivity contribution >= 4 is 11.0 Å². The molecule has 2 aromatic heterocycles. The van der Waals surface area contributed by atoms with Crippen LogP contribution in [0.4, 0.5) is 0 Å². The highest BCUT2D eigenvalue weighted by Crippen LogP contribution is 2.33. The van der Waals surface area contributed by atoms with Crippen molar-refractivity contribution in [2.24, 2.45) is 0 Å². The van der Waals surface area contributed by atoms with Crippen molar-refractivity contribution in [1.82, 2.24) is 15.1 Å². The molecular weight excluding hydrogens is 266 g/mol. The standard InChI is InChI=1S/C16H17N3O2/c1-8-6-11(14-9(2)19-21-10(14)3)7-12-15(8)18-16(17-12)13-4-5-20-13/h6-7,13H,4-5H2,1-3H3,(H,17,18). The molecule has 0 radical (unpaired) electrons. The van der Waals surface area contributed by atoms with Crippen molar-refractivity contribution in [3.05, 3.63) is 35.0 Å². The van der Waals surface area contributed by atoms with Crippen molar-refractivity contribution < 1.29 is 9.26 Å². The van der Waals surface area contributed by atoms with E-state index in [4.69, 9.17) is 9.26 Å². The molecule has 1 unspecified atom stereocenters. The maximum atomic E-state index is 5.51. The number of aromatic nitrogens is 3. The molecule has 108 valence electrons. The number of ether oxygens (including phenoxy) is 1. The molecule has 3 heterocycles. The number of aromatic amines is 1. The Morgan fingerprint density at radius 1 is 1.24 bits per heavy atom. The van der Waals surface area contributed by atoms with Crippen molar-refractivity contribution in [1.29, 1.82) is 0 Å². The van der Waals surface area contributed by atoms with E-state index in [0.717, 1.165) is 58.0 Å². The summed E-state index contributed by atoms with van der Waals surface area (Å²) < 4.78 is 10.8. The smallest absolute Gasteiger partial charge is 0.141 e. The van der Waals surface area contributed by atoms with Crippen LogP contribution in [-0.4, -0.2) is 21.7 Å². The minimum Gasteiger partial charge on any atom is -0.370 e. The fourth-order valence-corrected chi connectivity index (χ4v) is 2.95. The third-order valence-corrected chi connectivity index (χ3v) is 4.12. The lowest BCUT2D eigenvalue weighted by Crippen LogP contribution is -2.19. The van der Waals surface area contributed by atoms with Crippen LogP contribution in [0, 0.1) is 20.8 Å². The Balaban J connectivity index is 1.88. The van der Waals surface area contributed by atoms with Gasteiger partial charge in [-0.3, -0.25) is 0 Å². The second-order valence-electron chi connectivity index (χ2n) is 5.66. The van der Waals surface area contributed by atoms with Gasteiger partial charge in [-0.15, -0.1) is 0 Å². The summed E-state index contributed by atoms with van der Waals surface area (Å²) in [5, 5.41) is 4.04. The molecule has 1 saturated heterocycles. The molecule has 0 bridgehead atoms. The van der Waals surface area contributed by atoms with Gasteiger partial charge in [-0.2, -0.15) is 0 Å². The molecule has 5 heteroatoms. The highest BCUT2D eigenvalue weighted by atomic mass is 16.5. The Hall–Kier alpha value is -2.14. The number of nitrogens with one attached hydrogen (secondary N) is 1. The number of hydrogen-bond donors (Lipinski definition) is 1. The first-order chi connectivity index (χ1) is 10.1. The van der Waals surface area contributed by atoms with Crippen molar-refractivity contribution in [2.75, 3.05) is 6.61 Å². The third kappa shape index (κ3) is 1.88. The lowest BCUT2D eigenvalue weighted by Gasteiger charge is -2.23. The zero-order chi connectivity index (χ0) is 14.6. The number of aryl methyl sites for hydroxylation is 3. The van der Waals surface area contributed by atoms with Crippen LogP contribution in [0.3, 0.4) is 0 Å². The van der Waals surface area contributed by atoms with Crippen LogP contribution in [-0.2, 0) is 4.74 Å². The van der Waals surface area contributed by atoms with Crippen molar-refractivity contribution in [3.63, 3.8) is 0 Å². The molecule has 21 heavy (non-hydrogen) atoms. The molecule has 4 rings (SSSR count). The number of imidazole rings is 1. The molecular formula is C16H17N3O2. The average molecular weight is 283 g/mol. The minimum absolute atomic E-state index is 0.124. The van der Waals surface area contributed by atoms with E-state index in [1.165, 1.54) is 0 Å². The SMILES string of the molecule is Cc1noc(C)c1-c1cc(C)c2nc(C3CCO3)[nH]c2c1. The van der Waals surface area contributed by atoms with Crippen LogP contribution in [0.2, 0.25) is 0 Å². The number of H-pyrrole nitrogens is 1. The number of nitrogens with zero attached hydrogens (tertiary/aromatic N) is 2. The second kappa shape index (κ2) is 4.43. The Bertz CT molecular complexity index is 808. The summed E-state index contributed by atoms with van der Waals surface area (Å²) in [5.41, 5.74) is 6.28. The van der Waals surface area contributed by atoms with Crippen molar-refractivity contribution in [3.8, 4) is 11.1 Å². The third-order valence-electron chi connectivity index (χ3n) is 4.12. The summed E-state index contributed by atoms with van der Waals surface area (Å²) in [5.74, 6) is 1.77. The number of rotatable bonds is 2. The van der Waals surface area contributed by atoms with Gasteiger partial charge in [0.2, 0.25) is 0 Å². The summed E-state index contributed by atoms with van der Waals surface area (Å²) >= 11 is 0. The Morgan fingerprint density at radius 2 is 2.05 bits per heavy atom. The van der Waals surface area contributed by atoms with E-state index in [-0.39, 0.29) is 6.10 Å². The first kappa shape index (κ1) is 12.6. The predicted octanol–water partition coefficient (Wildman–Crippen LogP) is 3.60. The molecule has 0 aliphatic carbocycles. The lowest BCUT2D eigenvalue weighted by atomic mass is 10.0.